The van der Waals surface area contributed by atoms with Crippen LogP contribution in [0.4, 0.5) is 0 Å². The predicted octanol–water partition coefficient (Wildman–Crippen LogP) is 2.72. The highest BCUT2D eigenvalue weighted by molar-refractivity contribution is 5.50. The van der Waals surface area contributed by atoms with Crippen molar-refractivity contribution < 1.29 is 14.6 Å². The average molecular weight is 351 g/mol. The van der Waals surface area contributed by atoms with Crippen molar-refractivity contribution in [3.8, 4) is 11.5 Å². The fourth-order valence-electron chi connectivity index (χ4n) is 3.21. The van der Waals surface area contributed by atoms with Crippen molar-refractivity contribution >= 4 is 0 Å². The predicted molar refractivity (Wildman–Crippen MR) is 102 cm³/mol. The monoisotopic (exact) mass is 350 g/mol. The van der Waals surface area contributed by atoms with E-state index in [1.54, 1.807) is 0 Å². The highest BCUT2D eigenvalue weighted by atomic mass is 16.5. The van der Waals surface area contributed by atoms with E-state index in [-0.39, 0.29) is 5.41 Å². The second kappa shape index (κ2) is 8.88. The maximum absolute atomic E-state index is 10.9. The Hall–Kier alpha value is -1.30. The number of hydrogen-bond acceptors (Lipinski definition) is 5. The Balaban J connectivity index is 2.34. The van der Waals surface area contributed by atoms with Gasteiger partial charge in [0.25, 0.3) is 0 Å². The zero-order valence-electron chi connectivity index (χ0n) is 16.4. The zero-order chi connectivity index (χ0) is 18.4. The summed E-state index contributed by atoms with van der Waals surface area (Å²) in [6, 6.07) is 4.02. The van der Waals surface area contributed by atoms with Gasteiger partial charge in [-0.3, -0.25) is 4.90 Å². The molecule has 0 saturated carbocycles. The number of aliphatic hydroxyl groups excluding tert-OH is 1. The summed E-state index contributed by atoms with van der Waals surface area (Å²) < 4.78 is 11.8. The van der Waals surface area contributed by atoms with Gasteiger partial charge in [0.05, 0.1) is 19.3 Å². The van der Waals surface area contributed by atoms with Crippen LogP contribution in [0.3, 0.4) is 0 Å². The van der Waals surface area contributed by atoms with E-state index in [0.29, 0.717) is 19.8 Å². The van der Waals surface area contributed by atoms with Gasteiger partial charge in [0, 0.05) is 43.9 Å². The van der Waals surface area contributed by atoms with Crippen LogP contribution in [0, 0.1) is 0 Å². The Kier molecular flexibility index (Phi) is 7.11. The first-order chi connectivity index (χ1) is 11.9. The summed E-state index contributed by atoms with van der Waals surface area (Å²) in [6.45, 7) is 16.1. The minimum absolute atomic E-state index is 0.0572. The van der Waals surface area contributed by atoms with Gasteiger partial charge in [0.1, 0.15) is 11.5 Å². The summed E-state index contributed by atoms with van der Waals surface area (Å²) in [5.74, 6) is 1.60. The summed E-state index contributed by atoms with van der Waals surface area (Å²) >= 11 is 0. The van der Waals surface area contributed by atoms with Crippen LogP contribution >= 0.6 is 0 Å². The molecule has 1 aliphatic heterocycles. The fourth-order valence-corrected chi connectivity index (χ4v) is 3.21. The highest BCUT2D eigenvalue weighted by Gasteiger charge is 2.25. The van der Waals surface area contributed by atoms with Gasteiger partial charge in [-0.25, -0.2) is 0 Å². The first kappa shape index (κ1) is 20.0. The highest BCUT2D eigenvalue weighted by Crippen LogP contribution is 2.39. The second-order valence-electron chi connectivity index (χ2n) is 7.57. The van der Waals surface area contributed by atoms with E-state index < -0.39 is 6.10 Å². The fraction of sp³-hybridized carbons (Fsp3) is 0.700. The molecule has 5 nitrogen and oxygen atoms in total. The number of nitrogens with zero attached hydrogens (tertiary/aromatic N) is 1. The molecule has 1 fully saturated rings. The number of rotatable bonds is 7. The van der Waals surface area contributed by atoms with Gasteiger partial charge in [-0.1, -0.05) is 20.8 Å². The summed E-state index contributed by atoms with van der Waals surface area (Å²) in [6.07, 6.45) is -0.590. The largest absolute Gasteiger partial charge is 0.494 e. The molecule has 0 aromatic heterocycles. The lowest BCUT2D eigenvalue weighted by Crippen LogP contribution is -2.45. The number of benzene rings is 1. The third-order valence-corrected chi connectivity index (χ3v) is 4.52. The standard InChI is InChI=1S/C20H34N2O3/c1-6-24-18-13-16(20(3,4)5)19(25-7-2)12-15(18)17(23)14-22-10-8-21-9-11-22/h12-13,17,21,23H,6-11,14H2,1-5H3. The molecule has 5 heteroatoms. The molecule has 1 aromatic rings. The van der Waals surface area contributed by atoms with Crippen LogP contribution < -0.4 is 14.8 Å². The smallest absolute Gasteiger partial charge is 0.125 e. The Bertz CT molecular complexity index is 549. The van der Waals surface area contributed by atoms with Crippen LogP contribution in [0.5, 0.6) is 11.5 Å². The summed E-state index contributed by atoms with van der Waals surface area (Å²) in [4.78, 5) is 2.29. The van der Waals surface area contributed by atoms with Gasteiger partial charge in [-0.2, -0.15) is 0 Å². The Morgan fingerprint density at radius 1 is 1.08 bits per heavy atom. The molecule has 0 radical (unpaired) electrons. The van der Waals surface area contributed by atoms with Gasteiger partial charge < -0.3 is 19.9 Å². The minimum atomic E-state index is -0.590. The molecule has 0 spiro atoms. The van der Waals surface area contributed by atoms with Crippen LogP contribution in [0.1, 0.15) is 51.8 Å². The molecule has 1 aliphatic rings. The van der Waals surface area contributed by atoms with Gasteiger partial charge in [0.15, 0.2) is 0 Å². The third kappa shape index (κ3) is 5.33. The molecule has 1 atom stereocenters. The molecule has 1 saturated heterocycles. The van der Waals surface area contributed by atoms with Crippen LogP contribution in [-0.2, 0) is 5.41 Å². The van der Waals surface area contributed by atoms with Gasteiger partial charge >= 0.3 is 0 Å². The normalized spacial score (nSPS) is 17.4. The molecule has 1 unspecified atom stereocenters. The maximum Gasteiger partial charge on any atom is 0.125 e. The van der Waals surface area contributed by atoms with Crippen molar-refractivity contribution in [3.63, 3.8) is 0 Å². The maximum atomic E-state index is 10.9. The van der Waals surface area contributed by atoms with Crippen molar-refractivity contribution in [2.75, 3.05) is 45.9 Å². The molecule has 25 heavy (non-hydrogen) atoms. The van der Waals surface area contributed by atoms with Crippen molar-refractivity contribution in [2.45, 2.75) is 46.1 Å². The minimum Gasteiger partial charge on any atom is -0.494 e. The lowest BCUT2D eigenvalue weighted by atomic mass is 9.85. The number of β-amino-alcohol motifs (C(OH)–C–C–N with tert-alkyl or cyclic N) is 1. The first-order valence-electron chi connectivity index (χ1n) is 9.42. The van der Waals surface area contributed by atoms with E-state index in [4.69, 9.17) is 9.47 Å². The SMILES string of the molecule is CCOc1cc(C(C)(C)C)c(OCC)cc1C(O)CN1CCNCC1. The van der Waals surface area contributed by atoms with E-state index in [9.17, 15) is 5.11 Å². The number of aliphatic hydroxyl groups is 1. The third-order valence-electron chi connectivity index (χ3n) is 4.52. The average Bonchev–Trinajstić information content (AvgIpc) is 2.56. The van der Waals surface area contributed by atoms with E-state index in [2.05, 4.69) is 31.0 Å². The first-order valence-corrected chi connectivity index (χ1v) is 9.42. The number of ether oxygens (including phenoxy) is 2. The second-order valence-corrected chi connectivity index (χ2v) is 7.57. The molecule has 0 amide bonds. The molecular weight excluding hydrogens is 316 g/mol. The van der Waals surface area contributed by atoms with Crippen LogP contribution in [0.2, 0.25) is 0 Å². The summed E-state index contributed by atoms with van der Waals surface area (Å²) in [5, 5.41) is 14.2. The molecule has 1 aromatic carbocycles. The number of hydrogen-bond donors (Lipinski definition) is 2. The van der Waals surface area contributed by atoms with Gasteiger partial charge in [0.2, 0.25) is 0 Å². The van der Waals surface area contributed by atoms with E-state index >= 15 is 0 Å². The molecule has 2 N–H and O–H groups in total. The Morgan fingerprint density at radius 3 is 2.24 bits per heavy atom. The van der Waals surface area contributed by atoms with Crippen LogP contribution in [0.15, 0.2) is 12.1 Å². The van der Waals surface area contributed by atoms with E-state index in [1.165, 1.54) is 0 Å². The number of piperazine rings is 1. The van der Waals surface area contributed by atoms with Crippen molar-refractivity contribution in [2.24, 2.45) is 0 Å². The molecule has 0 aliphatic carbocycles. The molecule has 2 rings (SSSR count). The van der Waals surface area contributed by atoms with Crippen LogP contribution in [-0.4, -0.2) is 55.9 Å². The van der Waals surface area contributed by atoms with Gasteiger partial charge in [-0.15, -0.1) is 0 Å². The number of nitrogens with one attached hydrogen (secondary N) is 1. The summed E-state index contributed by atoms with van der Waals surface area (Å²) in [7, 11) is 0. The van der Waals surface area contributed by atoms with Crippen molar-refractivity contribution in [1.82, 2.24) is 10.2 Å². The Morgan fingerprint density at radius 2 is 1.68 bits per heavy atom. The van der Waals surface area contributed by atoms with E-state index in [0.717, 1.165) is 48.8 Å². The zero-order valence-corrected chi connectivity index (χ0v) is 16.4. The van der Waals surface area contributed by atoms with Gasteiger partial charge in [-0.05, 0) is 31.4 Å². The molecular formula is C20H34N2O3. The van der Waals surface area contributed by atoms with E-state index in [1.807, 2.05) is 26.0 Å². The quantitative estimate of drug-likeness (QED) is 0.792. The topological polar surface area (TPSA) is 54.0 Å². The molecule has 142 valence electrons. The molecule has 1 heterocycles. The van der Waals surface area contributed by atoms with Crippen molar-refractivity contribution in [1.29, 1.82) is 0 Å². The lowest BCUT2D eigenvalue weighted by molar-refractivity contribution is 0.102. The molecule has 0 bridgehead atoms. The van der Waals surface area contributed by atoms with Crippen molar-refractivity contribution in [3.05, 3.63) is 23.3 Å². The van der Waals surface area contributed by atoms with Crippen LogP contribution in [0.25, 0.3) is 0 Å². The summed E-state index contributed by atoms with van der Waals surface area (Å²) in [5.41, 5.74) is 1.87. The lowest BCUT2D eigenvalue weighted by Gasteiger charge is -2.30. The Labute approximate surface area is 152 Å².